The summed E-state index contributed by atoms with van der Waals surface area (Å²) in [7, 11) is -3.57. The van der Waals surface area contributed by atoms with Crippen LogP contribution in [-0.2, 0) is 21.3 Å². The SMILES string of the molecule is Cc1ccc(S(=O)(=O)NCc2ccc(C(=O)NCCCN3CCOCC3)cc2)cc1. The standard InChI is InChI=1S/C22H29N3O4S/c1-18-3-9-21(10-4-18)30(27,28)24-17-19-5-7-20(8-6-19)22(26)23-11-2-12-25-13-15-29-16-14-25/h3-10,24H,2,11-17H2,1H3,(H,23,26). The highest BCUT2D eigenvalue weighted by Gasteiger charge is 2.14. The summed E-state index contributed by atoms with van der Waals surface area (Å²) in [6, 6.07) is 13.7. The molecule has 1 fully saturated rings. The molecule has 1 saturated heterocycles. The van der Waals surface area contributed by atoms with E-state index in [0.29, 0.717) is 12.1 Å². The van der Waals surface area contributed by atoms with Crippen LogP contribution in [-0.4, -0.2) is 58.6 Å². The van der Waals surface area contributed by atoms with Crippen LogP contribution in [0.4, 0.5) is 0 Å². The third-order valence-corrected chi connectivity index (χ3v) is 6.47. The van der Waals surface area contributed by atoms with Crippen molar-refractivity contribution in [2.75, 3.05) is 39.4 Å². The Bertz CT molecular complexity index is 922. The summed E-state index contributed by atoms with van der Waals surface area (Å²) < 4.78 is 32.7. The number of nitrogens with zero attached hydrogens (tertiary/aromatic N) is 1. The van der Waals surface area contributed by atoms with Gasteiger partial charge in [0.05, 0.1) is 18.1 Å². The molecule has 1 heterocycles. The van der Waals surface area contributed by atoms with Crippen LogP contribution in [0.25, 0.3) is 0 Å². The third kappa shape index (κ3) is 6.63. The Hall–Kier alpha value is -2.26. The minimum absolute atomic E-state index is 0.122. The summed E-state index contributed by atoms with van der Waals surface area (Å²) >= 11 is 0. The van der Waals surface area contributed by atoms with Gasteiger partial charge in [0, 0.05) is 31.7 Å². The van der Waals surface area contributed by atoms with Crippen molar-refractivity contribution < 1.29 is 17.9 Å². The van der Waals surface area contributed by atoms with Gasteiger partial charge in [-0.1, -0.05) is 29.8 Å². The van der Waals surface area contributed by atoms with Crippen LogP contribution in [0.2, 0.25) is 0 Å². The number of carbonyl (C=O) groups excluding carboxylic acids is 1. The van der Waals surface area contributed by atoms with E-state index in [1.165, 1.54) is 0 Å². The molecule has 1 amide bonds. The van der Waals surface area contributed by atoms with E-state index >= 15 is 0 Å². The number of benzene rings is 2. The molecule has 1 aliphatic rings. The predicted octanol–water partition coefficient (Wildman–Crippen LogP) is 1.93. The molecule has 2 N–H and O–H groups in total. The quantitative estimate of drug-likeness (QED) is 0.593. The number of sulfonamides is 1. The van der Waals surface area contributed by atoms with Crippen LogP contribution < -0.4 is 10.0 Å². The molecule has 2 aromatic carbocycles. The van der Waals surface area contributed by atoms with Gasteiger partial charge in [0.1, 0.15) is 0 Å². The Kier molecular flexibility index (Phi) is 7.98. The highest BCUT2D eigenvalue weighted by Crippen LogP contribution is 2.11. The summed E-state index contributed by atoms with van der Waals surface area (Å²) in [4.78, 5) is 14.9. The molecule has 8 heteroatoms. The number of ether oxygens (including phenoxy) is 1. The van der Waals surface area contributed by atoms with Crippen molar-refractivity contribution in [2.24, 2.45) is 0 Å². The average Bonchev–Trinajstić information content (AvgIpc) is 2.76. The van der Waals surface area contributed by atoms with Crippen molar-refractivity contribution in [3.05, 3.63) is 65.2 Å². The molecule has 0 radical (unpaired) electrons. The lowest BCUT2D eigenvalue weighted by atomic mass is 10.1. The molecule has 2 aromatic rings. The van der Waals surface area contributed by atoms with Gasteiger partial charge in [0.25, 0.3) is 5.91 Å². The number of carbonyl (C=O) groups is 1. The lowest BCUT2D eigenvalue weighted by molar-refractivity contribution is 0.0374. The van der Waals surface area contributed by atoms with Crippen LogP contribution in [0.3, 0.4) is 0 Å². The molecule has 162 valence electrons. The largest absolute Gasteiger partial charge is 0.379 e. The summed E-state index contributed by atoms with van der Waals surface area (Å²) in [6.07, 6.45) is 0.893. The Labute approximate surface area is 178 Å². The molecular weight excluding hydrogens is 402 g/mol. The molecule has 0 spiro atoms. The fourth-order valence-electron chi connectivity index (χ4n) is 3.18. The lowest BCUT2D eigenvalue weighted by Crippen LogP contribution is -2.38. The Balaban J connectivity index is 1.43. The summed E-state index contributed by atoms with van der Waals surface area (Å²) in [5.74, 6) is -0.122. The predicted molar refractivity (Wildman–Crippen MR) is 116 cm³/mol. The Morgan fingerprint density at radius 1 is 1.03 bits per heavy atom. The normalized spacial score (nSPS) is 15.1. The van der Waals surface area contributed by atoms with Crippen molar-refractivity contribution >= 4 is 15.9 Å². The van der Waals surface area contributed by atoms with Gasteiger partial charge in [-0.05, 0) is 49.7 Å². The minimum Gasteiger partial charge on any atom is -0.379 e. The van der Waals surface area contributed by atoms with Crippen LogP contribution in [0, 0.1) is 6.92 Å². The second-order valence-corrected chi connectivity index (χ2v) is 9.16. The average molecular weight is 432 g/mol. The first kappa shape index (κ1) is 22.4. The number of hydrogen-bond acceptors (Lipinski definition) is 5. The molecule has 0 unspecified atom stereocenters. The monoisotopic (exact) mass is 431 g/mol. The first-order chi connectivity index (χ1) is 14.4. The van der Waals surface area contributed by atoms with Crippen molar-refractivity contribution in [1.82, 2.24) is 14.9 Å². The van der Waals surface area contributed by atoms with Crippen LogP contribution >= 0.6 is 0 Å². The fraction of sp³-hybridized carbons (Fsp3) is 0.409. The number of morpholine rings is 1. The lowest BCUT2D eigenvalue weighted by Gasteiger charge is -2.26. The summed E-state index contributed by atoms with van der Waals surface area (Å²) in [6.45, 7) is 7.09. The van der Waals surface area contributed by atoms with Gasteiger partial charge < -0.3 is 10.1 Å². The van der Waals surface area contributed by atoms with E-state index in [1.807, 2.05) is 6.92 Å². The molecule has 3 rings (SSSR count). The maximum absolute atomic E-state index is 12.4. The van der Waals surface area contributed by atoms with Crippen LogP contribution in [0.1, 0.15) is 27.9 Å². The van der Waals surface area contributed by atoms with Crippen molar-refractivity contribution in [3.8, 4) is 0 Å². The van der Waals surface area contributed by atoms with E-state index in [0.717, 1.165) is 50.4 Å². The number of rotatable bonds is 9. The van der Waals surface area contributed by atoms with Crippen LogP contribution in [0.15, 0.2) is 53.4 Å². The highest BCUT2D eigenvalue weighted by atomic mass is 32.2. The van der Waals surface area contributed by atoms with Crippen LogP contribution in [0.5, 0.6) is 0 Å². The van der Waals surface area contributed by atoms with Gasteiger partial charge in [0.15, 0.2) is 0 Å². The summed E-state index contributed by atoms with van der Waals surface area (Å²) in [5, 5.41) is 2.93. The molecule has 7 nitrogen and oxygen atoms in total. The van der Waals surface area contributed by atoms with Crippen molar-refractivity contribution in [3.63, 3.8) is 0 Å². The zero-order valence-electron chi connectivity index (χ0n) is 17.3. The molecule has 0 aliphatic carbocycles. The zero-order chi connectivity index (χ0) is 21.4. The molecule has 0 saturated carbocycles. The smallest absolute Gasteiger partial charge is 0.251 e. The van der Waals surface area contributed by atoms with Gasteiger partial charge in [-0.3, -0.25) is 9.69 Å². The number of aryl methyl sites for hydroxylation is 1. The molecule has 0 aromatic heterocycles. The van der Waals surface area contributed by atoms with Gasteiger partial charge in [-0.25, -0.2) is 13.1 Å². The van der Waals surface area contributed by atoms with E-state index < -0.39 is 10.0 Å². The van der Waals surface area contributed by atoms with E-state index in [1.54, 1.807) is 48.5 Å². The molecule has 1 aliphatic heterocycles. The molecular formula is C22H29N3O4S. The highest BCUT2D eigenvalue weighted by molar-refractivity contribution is 7.89. The van der Waals surface area contributed by atoms with Gasteiger partial charge in [0.2, 0.25) is 10.0 Å². The molecule has 30 heavy (non-hydrogen) atoms. The van der Waals surface area contributed by atoms with Crippen molar-refractivity contribution in [2.45, 2.75) is 24.8 Å². The second kappa shape index (κ2) is 10.7. The number of nitrogens with one attached hydrogen (secondary N) is 2. The van der Waals surface area contributed by atoms with Gasteiger partial charge in [-0.2, -0.15) is 0 Å². The van der Waals surface area contributed by atoms with Gasteiger partial charge in [-0.15, -0.1) is 0 Å². The summed E-state index contributed by atoms with van der Waals surface area (Å²) in [5.41, 5.74) is 2.35. The maximum Gasteiger partial charge on any atom is 0.251 e. The fourth-order valence-corrected chi connectivity index (χ4v) is 4.20. The number of hydrogen-bond donors (Lipinski definition) is 2. The third-order valence-electron chi connectivity index (χ3n) is 5.05. The maximum atomic E-state index is 12.4. The second-order valence-electron chi connectivity index (χ2n) is 7.40. The Morgan fingerprint density at radius 2 is 1.70 bits per heavy atom. The number of amides is 1. The molecule has 0 bridgehead atoms. The van der Waals surface area contributed by atoms with E-state index in [-0.39, 0.29) is 17.3 Å². The zero-order valence-corrected chi connectivity index (χ0v) is 18.1. The van der Waals surface area contributed by atoms with E-state index in [9.17, 15) is 13.2 Å². The van der Waals surface area contributed by atoms with E-state index in [2.05, 4.69) is 14.9 Å². The molecule has 0 atom stereocenters. The van der Waals surface area contributed by atoms with Crippen molar-refractivity contribution in [1.29, 1.82) is 0 Å². The topological polar surface area (TPSA) is 87.7 Å². The van der Waals surface area contributed by atoms with Gasteiger partial charge >= 0.3 is 0 Å². The van der Waals surface area contributed by atoms with E-state index in [4.69, 9.17) is 4.74 Å². The first-order valence-electron chi connectivity index (χ1n) is 10.2. The first-order valence-corrected chi connectivity index (χ1v) is 11.7. The Morgan fingerprint density at radius 3 is 2.37 bits per heavy atom. The minimum atomic E-state index is -3.57.